The van der Waals surface area contributed by atoms with E-state index in [0.717, 1.165) is 22.2 Å². The zero-order chi connectivity index (χ0) is 36.6. The monoisotopic (exact) mass is 729 g/mol. The maximum atomic E-state index is 5.91. The van der Waals surface area contributed by atoms with Crippen LogP contribution < -0.4 is 4.90 Å². The van der Waals surface area contributed by atoms with Gasteiger partial charge in [0.25, 0.3) is 0 Å². The highest BCUT2D eigenvalue weighted by molar-refractivity contribution is 7.26. The molecule has 56 heavy (non-hydrogen) atoms. The molecule has 8 aromatic carbocycles. The molecule has 3 heterocycles. The molecule has 2 aliphatic carbocycles. The molecule has 0 fully saturated rings. The minimum absolute atomic E-state index is 0.700. The van der Waals surface area contributed by atoms with Crippen molar-refractivity contribution in [1.82, 2.24) is 9.97 Å². The summed E-state index contributed by atoms with van der Waals surface area (Å²) in [5.74, 6) is 0.700. The average molecular weight is 730 g/mol. The summed E-state index contributed by atoms with van der Waals surface area (Å²) in [5, 5.41) is 3.57. The lowest BCUT2D eigenvalue weighted by atomic mass is 9.79. The van der Waals surface area contributed by atoms with Gasteiger partial charge >= 0.3 is 0 Å². The summed E-state index contributed by atoms with van der Waals surface area (Å²) in [6.07, 6.45) is 0. The number of anilines is 1. The number of fused-ring (bicyclic) bond motifs is 17. The van der Waals surface area contributed by atoms with E-state index in [1.165, 1.54) is 75.8 Å². The molecule has 0 amide bonds. The molecular weight excluding hydrogens is 699 g/mol. The molecule has 1 aliphatic heterocycles. The first-order valence-electron chi connectivity index (χ1n) is 19.3. The highest BCUT2D eigenvalue weighted by atomic mass is 32.1. The number of aromatic nitrogens is 2. The first kappa shape index (κ1) is 30.4. The average Bonchev–Trinajstić information content (AvgIpc) is 3.97. The molecule has 3 aliphatic rings. The van der Waals surface area contributed by atoms with Gasteiger partial charge in [-0.25, -0.2) is 9.97 Å². The second-order valence-electron chi connectivity index (χ2n) is 15.2. The third-order valence-electron chi connectivity index (χ3n) is 12.7. The van der Waals surface area contributed by atoms with E-state index in [0.29, 0.717) is 5.95 Å². The molecule has 3 nitrogen and oxygen atoms in total. The Bertz CT molecular complexity index is 3090. The third-order valence-corrected chi connectivity index (χ3v) is 13.9. The summed E-state index contributed by atoms with van der Waals surface area (Å²) in [5.41, 5.74) is 14.0. The fraction of sp³-hybridized carbons (Fsp3) is 0.0385. The van der Waals surface area contributed by atoms with Crippen molar-refractivity contribution in [2.24, 2.45) is 0 Å². The van der Waals surface area contributed by atoms with Crippen LogP contribution in [0.5, 0.6) is 0 Å². The summed E-state index contributed by atoms with van der Waals surface area (Å²) < 4.78 is 2.52. The summed E-state index contributed by atoms with van der Waals surface area (Å²) >= 11 is 1.85. The quantitative estimate of drug-likeness (QED) is 0.177. The van der Waals surface area contributed by atoms with Crippen LogP contribution in [0.15, 0.2) is 188 Å². The van der Waals surface area contributed by atoms with Crippen LogP contribution >= 0.6 is 11.3 Å². The molecule has 0 atom stereocenters. The molecule has 0 bridgehead atoms. The number of para-hydroxylation sites is 1. The Hall–Kier alpha value is -6.88. The highest BCUT2D eigenvalue weighted by Gasteiger charge is 2.67. The number of nitrogens with zero attached hydrogens (tertiary/aromatic N) is 3. The number of hydrogen-bond acceptors (Lipinski definition) is 4. The van der Waals surface area contributed by atoms with Crippen LogP contribution in [0.4, 0.5) is 5.95 Å². The Balaban J connectivity index is 1.23. The molecule has 13 rings (SSSR count). The van der Waals surface area contributed by atoms with Gasteiger partial charge in [0.1, 0.15) is 11.1 Å². The van der Waals surface area contributed by atoms with Crippen LogP contribution in [-0.2, 0) is 11.1 Å². The first-order valence-corrected chi connectivity index (χ1v) is 20.1. The lowest BCUT2D eigenvalue weighted by Gasteiger charge is -2.47. The van der Waals surface area contributed by atoms with Gasteiger partial charge < -0.3 is 4.90 Å². The molecule has 260 valence electrons. The SMILES string of the molecule is c1ccc2c(c1)-c1ccccc1C21c2ccccc2C2(c3ccccc3-c3ccccc32)N1c1nc(-c2cccc3c2sc2ccccc23)c2ccccc2n1. The van der Waals surface area contributed by atoms with Crippen molar-refractivity contribution in [3.8, 4) is 33.5 Å². The van der Waals surface area contributed by atoms with Crippen molar-refractivity contribution in [3.63, 3.8) is 0 Å². The minimum atomic E-state index is -0.752. The molecule has 4 heteroatoms. The third kappa shape index (κ3) is 3.55. The molecule has 0 saturated heterocycles. The van der Waals surface area contributed by atoms with E-state index in [-0.39, 0.29) is 0 Å². The van der Waals surface area contributed by atoms with E-state index < -0.39 is 11.1 Å². The zero-order valence-electron chi connectivity index (χ0n) is 30.1. The Morgan fingerprint density at radius 1 is 0.357 bits per heavy atom. The van der Waals surface area contributed by atoms with Gasteiger partial charge in [-0.15, -0.1) is 11.3 Å². The Morgan fingerprint density at radius 3 is 1.36 bits per heavy atom. The number of rotatable bonds is 2. The zero-order valence-corrected chi connectivity index (χ0v) is 31.0. The van der Waals surface area contributed by atoms with Gasteiger partial charge in [0.2, 0.25) is 5.95 Å². The van der Waals surface area contributed by atoms with Crippen LogP contribution in [-0.4, -0.2) is 9.97 Å². The van der Waals surface area contributed by atoms with Gasteiger partial charge in [-0.3, -0.25) is 0 Å². The molecule has 0 N–H and O–H groups in total. The van der Waals surface area contributed by atoms with Crippen LogP contribution in [0, 0.1) is 0 Å². The van der Waals surface area contributed by atoms with Crippen LogP contribution in [0.2, 0.25) is 0 Å². The lowest BCUT2D eigenvalue weighted by Crippen LogP contribution is -2.53. The Kier molecular flexibility index (Phi) is 5.91. The summed E-state index contributed by atoms with van der Waals surface area (Å²) in [4.78, 5) is 14.2. The lowest BCUT2D eigenvalue weighted by molar-refractivity contribution is 0.499. The van der Waals surface area contributed by atoms with E-state index in [9.17, 15) is 0 Å². The predicted octanol–water partition coefficient (Wildman–Crippen LogP) is 12.7. The van der Waals surface area contributed by atoms with E-state index in [1.54, 1.807) is 0 Å². The van der Waals surface area contributed by atoms with Crippen LogP contribution in [0.25, 0.3) is 64.6 Å². The van der Waals surface area contributed by atoms with Crippen molar-refractivity contribution < 1.29 is 0 Å². The van der Waals surface area contributed by atoms with Gasteiger partial charge in [0.05, 0.1) is 11.2 Å². The fourth-order valence-corrected chi connectivity index (χ4v) is 11.9. The van der Waals surface area contributed by atoms with Gasteiger partial charge in [0, 0.05) is 31.1 Å². The fourth-order valence-electron chi connectivity index (χ4n) is 10.7. The highest BCUT2D eigenvalue weighted by Crippen LogP contribution is 2.69. The van der Waals surface area contributed by atoms with Crippen LogP contribution in [0.1, 0.15) is 33.4 Å². The van der Waals surface area contributed by atoms with E-state index in [4.69, 9.17) is 9.97 Å². The van der Waals surface area contributed by atoms with Crippen molar-refractivity contribution in [3.05, 3.63) is 221 Å². The minimum Gasteiger partial charge on any atom is -0.305 e. The number of benzene rings is 8. The summed E-state index contributed by atoms with van der Waals surface area (Å²) in [6, 6.07) is 69.1. The van der Waals surface area contributed by atoms with Crippen LogP contribution in [0.3, 0.4) is 0 Å². The van der Waals surface area contributed by atoms with Gasteiger partial charge in [-0.2, -0.15) is 0 Å². The molecule has 10 aromatic rings. The summed E-state index contributed by atoms with van der Waals surface area (Å²) in [6.45, 7) is 0. The Morgan fingerprint density at radius 2 is 0.786 bits per heavy atom. The normalized spacial score (nSPS) is 15.0. The molecule has 0 saturated carbocycles. The van der Waals surface area contributed by atoms with Crippen molar-refractivity contribution in [2.45, 2.75) is 11.1 Å². The van der Waals surface area contributed by atoms with Crippen molar-refractivity contribution in [2.75, 3.05) is 4.90 Å². The summed E-state index contributed by atoms with van der Waals surface area (Å²) in [7, 11) is 0. The van der Waals surface area contributed by atoms with Crippen molar-refractivity contribution >= 4 is 48.4 Å². The number of hydrogen-bond donors (Lipinski definition) is 0. The van der Waals surface area contributed by atoms with Gasteiger partial charge in [-0.1, -0.05) is 176 Å². The second-order valence-corrected chi connectivity index (χ2v) is 16.2. The Labute approximate surface area is 327 Å². The van der Waals surface area contributed by atoms with Crippen molar-refractivity contribution in [1.29, 1.82) is 0 Å². The van der Waals surface area contributed by atoms with Gasteiger partial charge in [-0.05, 0) is 67.8 Å². The standard InChI is InChI=1S/C52H31N3S/c1-7-24-40-32(16-1)33-17-2-8-25-41(33)51(40)44-28-11-12-29-45(44)52(42-26-9-3-18-34(42)35-19-4-10-27-43(35)52)55(51)50-53-46-30-13-5-21-38(46)48(54-50)39-23-15-22-37-36-20-6-14-31-47(36)56-49(37)39/h1-31H. The molecule has 0 radical (unpaired) electrons. The molecule has 0 unspecified atom stereocenters. The molecular formula is C52H31N3S. The molecule has 2 aromatic heterocycles. The maximum Gasteiger partial charge on any atom is 0.229 e. The van der Waals surface area contributed by atoms with Gasteiger partial charge in [0.15, 0.2) is 0 Å². The number of thiophene rings is 1. The smallest absolute Gasteiger partial charge is 0.229 e. The maximum absolute atomic E-state index is 5.91. The predicted molar refractivity (Wildman–Crippen MR) is 230 cm³/mol. The molecule has 2 spiro atoms. The van der Waals surface area contributed by atoms with E-state index >= 15 is 0 Å². The first-order chi connectivity index (χ1) is 27.8. The van der Waals surface area contributed by atoms with E-state index in [1.807, 2.05) is 11.3 Å². The second kappa shape index (κ2) is 10.9. The van der Waals surface area contributed by atoms with E-state index in [2.05, 4.69) is 193 Å². The topological polar surface area (TPSA) is 29.0 Å². The largest absolute Gasteiger partial charge is 0.305 e.